The zero-order valence-corrected chi connectivity index (χ0v) is 22.4. The lowest BCUT2D eigenvalue weighted by molar-refractivity contribution is -0.145. The van der Waals surface area contributed by atoms with E-state index < -0.39 is 17.6 Å². The zero-order valence-electron chi connectivity index (χ0n) is 20.8. The van der Waals surface area contributed by atoms with Gasteiger partial charge in [-0.15, -0.1) is 0 Å². The van der Waals surface area contributed by atoms with Crippen molar-refractivity contribution in [2.75, 3.05) is 37.7 Å². The zero-order chi connectivity index (χ0) is 26.8. The van der Waals surface area contributed by atoms with Crippen molar-refractivity contribution in [3.05, 3.63) is 45.2 Å². The van der Waals surface area contributed by atoms with Gasteiger partial charge in [-0.05, 0) is 38.0 Å². The maximum atomic E-state index is 13.7. The van der Waals surface area contributed by atoms with E-state index in [4.69, 9.17) is 26.7 Å². The van der Waals surface area contributed by atoms with Crippen LogP contribution in [0.3, 0.4) is 0 Å². The van der Waals surface area contributed by atoms with Gasteiger partial charge in [0.2, 0.25) is 5.91 Å². The highest BCUT2D eigenvalue weighted by Crippen LogP contribution is 2.35. The van der Waals surface area contributed by atoms with Crippen LogP contribution >= 0.6 is 24.0 Å². The Morgan fingerprint density at radius 1 is 1.34 bits per heavy atom. The van der Waals surface area contributed by atoms with Gasteiger partial charge in [0.15, 0.2) is 0 Å². The number of pyridine rings is 1. The molecule has 38 heavy (non-hydrogen) atoms. The van der Waals surface area contributed by atoms with Crippen molar-refractivity contribution >= 4 is 63.6 Å². The van der Waals surface area contributed by atoms with Crippen molar-refractivity contribution in [3.8, 4) is 0 Å². The summed E-state index contributed by atoms with van der Waals surface area (Å²) in [5, 5.41) is 2.77. The fourth-order valence-electron chi connectivity index (χ4n) is 4.77. The first kappa shape index (κ1) is 26.3. The van der Waals surface area contributed by atoms with Crippen LogP contribution in [0.1, 0.15) is 31.7 Å². The van der Waals surface area contributed by atoms with E-state index in [2.05, 4.69) is 5.32 Å². The van der Waals surface area contributed by atoms with Crippen LogP contribution in [0.5, 0.6) is 0 Å². The van der Waals surface area contributed by atoms with Crippen LogP contribution in [0.25, 0.3) is 11.7 Å². The Hall–Kier alpha value is -3.29. The Kier molecular flexibility index (Phi) is 7.77. The molecule has 0 aliphatic carbocycles. The summed E-state index contributed by atoms with van der Waals surface area (Å²) in [6.07, 6.45) is 4.60. The Bertz CT molecular complexity index is 1390. The normalized spacial score (nSPS) is 23.0. The van der Waals surface area contributed by atoms with Crippen LogP contribution in [0.15, 0.2) is 34.1 Å². The molecule has 2 atom stereocenters. The molecule has 0 spiro atoms. The number of amides is 2. The first-order valence-corrected chi connectivity index (χ1v) is 13.7. The van der Waals surface area contributed by atoms with Gasteiger partial charge in [0, 0.05) is 25.9 Å². The van der Waals surface area contributed by atoms with Gasteiger partial charge in [0.25, 0.3) is 11.5 Å². The lowest BCUT2D eigenvalue weighted by Crippen LogP contribution is -2.57. The van der Waals surface area contributed by atoms with Crippen molar-refractivity contribution in [2.45, 2.75) is 38.3 Å². The van der Waals surface area contributed by atoms with Gasteiger partial charge in [0.05, 0.1) is 36.1 Å². The lowest BCUT2D eigenvalue weighted by Gasteiger charge is -2.36. The maximum absolute atomic E-state index is 13.7. The van der Waals surface area contributed by atoms with Crippen molar-refractivity contribution in [2.24, 2.45) is 0 Å². The largest absolute Gasteiger partial charge is 0.466 e. The Morgan fingerprint density at radius 3 is 2.95 bits per heavy atom. The molecule has 2 aromatic rings. The van der Waals surface area contributed by atoms with E-state index >= 15 is 0 Å². The number of fused-ring (bicyclic) bond motifs is 1. The summed E-state index contributed by atoms with van der Waals surface area (Å²) in [6, 6.07) is 4.21. The van der Waals surface area contributed by atoms with E-state index in [0.717, 1.165) is 24.6 Å². The van der Waals surface area contributed by atoms with Crippen LogP contribution < -0.4 is 15.8 Å². The van der Waals surface area contributed by atoms with Crippen molar-refractivity contribution < 1.29 is 23.9 Å². The van der Waals surface area contributed by atoms with Crippen molar-refractivity contribution in [1.82, 2.24) is 19.6 Å². The number of thiocarbonyl (C=S) groups is 1. The second-order valence-electron chi connectivity index (χ2n) is 9.02. The van der Waals surface area contributed by atoms with Gasteiger partial charge in [0.1, 0.15) is 21.8 Å². The summed E-state index contributed by atoms with van der Waals surface area (Å²) < 4.78 is 12.5. The van der Waals surface area contributed by atoms with Gasteiger partial charge < -0.3 is 19.7 Å². The summed E-state index contributed by atoms with van der Waals surface area (Å²) >= 11 is 6.59. The summed E-state index contributed by atoms with van der Waals surface area (Å²) in [6.45, 7) is 3.51. The van der Waals surface area contributed by atoms with E-state index in [1.54, 1.807) is 36.2 Å². The predicted molar refractivity (Wildman–Crippen MR) is 146 cm³/mol. The molecule has 0 aromatic carbocycles. The molecule has 2 amide bonds. The van der Waals surface area contributed by atoms with Crippen LogP contribution in [-0.4, -0.2) is 81.4 Å². The molecule has 5 heterocycles. The molecule has 3 aliphatic heterocycles. The molecule has 2 unspecified atom stereocenters. The number of aromatic nitrogens is 2. The number of esters is 1. The molecule has 3 saturated heterocycles. The third kappa shape index (κ3) is 5.18. The van der Waals surface area contributed by atoms with E-state index in [-0.39, 0.29) is 47.2 Å². The first-order chi connectivity index (χ1) is 18.4. The fourth-order valence-corrected chi connectivity index (χ4v) is 6.02. The number of thioether (sulfide) groups is 1. The first-order valence-electron chi connectivity index (χ1n) is 12.5. The molecular weight excluding hydrogens is 530 g/mol. The highest BCUT2D eigenvalue weighted by molar-refractivity contribution is 8.26. The average Bonchev–Trinajstić information content (AvgIpc) is 3.51. The molecule has 13 heteroatoms. The SMILES string of the molecule is CCOC(=O)CC1C(=O)NCCN1c1nc2ccccn2c(=O)c1/C=C1\SC(=S)N(CC2CCCO2)C1=O. The van der Waals surface area contributed by atoms with Gasteiger partial charge in [-0.1, -0.05) is 30.0 Å². The minimum atomic E-state index is -0.929. The quantitative estimate of drug-likeness (QED) is 0.303. The molecule has 0 saturated carbocycles. The van der Waals surface area contributed by atoms with E-state index in [1.165, 1.54) is 15.4 Å². The molecular formula is C25H27N5O6S2. The van der Waals surface area contributed by atoms with E-state index in [0.29, 0.717) is 36.2 Å². The van der Waals surface area contributed by atoms with Gasteiger partial charge in [-0.3, -0.25) is 28.5 Å². The number of hydrogen-bond acceptors (Lipinski definition) is 10. The van der Waals surface area contributed by atoms with Crippen molar-refractivity contribution in [1.29, 1.82) is 0 Å². The lowest BCUT2D eigenvalue weighted by atomic mass is 10.1. The Balaban J connectivity index is 1.57. The Morgan fingerprint density at radius 2 is 2.18 bits per heavy atom. The summed E-state index contributed by atoms with van der Waals surface area (Å²) in [5.41, 5.74) is 0.0992. The highest BCUT2D eigenvalue weighted by Gasteiger charge is 2.37. The smallest absolute Gasteiger partial charge is 0.308 e. The summed E-state index contributed by atoms with van der Waals surface area (Å²) in [7, 11) is 0. The standard InChI is InChI=1S/C25H27N5O6S2/c1-2-35-20(31)13-17-22(32)26-8-10-28(17)21-16(23(33)29-9-4-3-7-19(29)27-21)12-18-24(34)30(25(37)38-18)14-15-6-5-11-36-15/h3-4,7,9,12,15,17H,2,5-6,8,10-11,13-14H2,1H3,(H,26,32)/b18-12-. The maximum Gasteiger partial charge on any atom is 0.308 e. The molecule has 2 aromatic heterocycles. The minimum Gasteiger partial charge on any atom is -0.466 e. The molecule has 3 aliphatic rings. The number of carbonyl (C=O) groups is 3. The van der Waals surface area contributed by atoms with Gasteiger partial charge >= 0.3 is 5.97 Å². The molecule has 0 bridgehead atoms. The van der Waals surface area contributed by atoms with Crippen LogP contribution in [0.2, 0.25) is 0 Å². The van der Waals surface area contributed by atoms with Crippen LogP contribution in [-0.2, 0) is 23.9 Å². The molecule has 0 radical (unpaired) electrons. The van der Waals surface area contributed by atoms with Gasteiger partial charge in [-0.25, -0.2) is 4.98 Å². The van der Waals surface area contributed by atoms with Gasteiger partial charge in [-0.2, -0.15) is 0 Å². The minimum absolute atomic E-state index is 0.0733. The number of nitrogens with one attached hydrogen (secondary N) is 1. The van der Waals surface area contributed by atoms with Crippen molar-refractivity contribution in [3.63, 3.8) is 0 Å². The molecule has 3 fully saturated rings. The highest BCUT2D eigenvalue weighted by atomic mass is 32.2. The second kappa shape index (κ2) is 11.2. The second-order valence-corrected chi connectivity index (χ2v) is 10.7. The number of nitrogens with zero attached hydrogens (tertiary/aromatic N) is 4. The van der Waals surface area contributed by atoms with E-state index in [9.17, 15) is 19.2 Å². The predicted octanol–water partition coefficient (Wildman–Crippen LogP) is 1.33. The number of carbonyl (C=O) groups excluding carboxylic acids is 3. The molecule has 1 N–H and O–H groups in total. The third-order valence-corrected chi connectivity index (χ3v) is 7.95. The number of piperazine rings is 1. The monoisotopic (exact) mass is 557 g/mol. The summed E-state index contributed by atoms with van der Waals surface area (Å²) in [4.78, 5) is 60.4. The average molecular weight is 558 g/mol. The molecule has 200 valence electrons. The molecule has 11 nitrogen and oxygen atoms in total. The van der Waals surface area contributed by atoms with Crippen LogP contribution in [0.4, 0.5) is 5.82 Å². The van der Waals surface area contributed by atoms with E-state index in [1.807, 2.05) is 0 Å². The molecule has 5 rings (SSSR count). The fraction of sp³-hybridized carbons (Fsp3) is 0.440. The number of ether oxygens (including phenoxy) is 2. The number of rotatable bonds is 7. The number of hydrogen-bond donors (Lipinski definition) is 1. The number of anilines is 1. The topological polar surface area (TPSA) is 123 Å². The Labute approximate surface area is 228 Å². The van der Waals surface area contributed by atoms with Crippen LogP contribution in [0, 0.1) is 0 Å². The third-order valence-electron chi connectivity index (χ3n) is 6.58. The summed E-state index contributed by atoms with van der Waals surface area (Å²) in [5.74, 6) is -0.991.